The maximum Gasteiger partial charge on any atom is 0.0576 e. The lowest BCUT2D eigenvalue weighted by Crippen LogP contribution is -2.18. The minimum absolute atomic E-state index is 0.350. The van der Waals surface area contributed by atoms with Gasteiger partial charge in [0, 0.05) is 12.6 Å². The monoisotopic (exact) mass is 157 g/mol. The van der Waals surface area contributed by atoms with Crippen molar-refractivity contribution in [3.8, 4) is 0 Å². The van der Waals surface area contributed by atoms with E-state index in [0.29, 0.717) is 12.1 Å². The Bertz CT molecular complexity index is 114. The van der Waals surface area contributed by atoms with Gasteiger partial charge in [-0.15, -0.1) is 0 Å². The minimum Gasteiger partial charge on any atom is -0.378 e. The lowest BCUT2D eigenvalue weighted by molar-refractivity contribution is 0.103. The summed E-state index contributed by atoms with van der Waals surface area (Å²) < 4.78 is 5.46. The molecule has 0 saturated carbocycles. The largest absolute Gasteiger partial charge is 0.378 e. The summed E-state index contributed by atoms with van der Waals surface area (Å²) >= 11 is 0. The zero-order valence-corrected chi connectivity index (χ0v) is 7.55. The molecule has 0 aromatic rings. The van der Waals surface area contributed by atoms with Crippen molar-refractivity contribution in [1.82, 2.24) is 0 Å². The molecule has 3 atom stereocenters. The predicted molar refractivity (Wildman–Crippen MR) is 46.4 cm³/mol. The van der Waals surface area contributed by atoms with E-state index in [-0.39, 0.29) is 0 Å². The van der Waals surface area contributed by atoms with E-state index < -0.39 is 0 Å². The first-order valence-electron chi connectivity index (χ1n) is 4.57. The third-order valence-electron chi connectivity index (χ3n) is 2.53. The highest BCUT2D eigenvalue weighted by Gasteiger charge is 2.23. The van der Waals surface area contributed by atoms with Gasteiger partial charge in [-0.05, 0) is 39.0 Å². The molecule has 66 valence electrons. The van der Waals surface area contributed by atoms with Crippen molar-refractivity contribution in [3.63, 3.8) is 0 Å². The molecule has 0 aromatic carbocycles. The lowest BCUT2D eigenvalue weighted by atomic mass is 9.95. The molecule has 0 aliphatic carbocycles. The molecule has 0 radical (unpaired) electrons. The van der Waals surface area contributed by atoms with Crippen LogP contribution in [0.2, 0.25) is 0 Å². The highest BCUT2D eigenvalue weighted by molar-refractivity contribution is 4.73. The number of ether oxygens (including phenoxy) is 1. The van der Waals surface area contributed by atoms with Crippen LogP contribution < -0.4 is 5.73 Å². The molecule has 0 aromatic heterocycles. The highest BCUT2D eigenvalue weighted by Crippen LogP contribution is 2.25. The first-order chi connectivity index (χ1) is 5.20. The fraction of sp³-hybridized carbons (Fsp3) is 1.00. The molecular formula is C9H19NO. The Balaban J connectivity index is 2.15. The van der Waals surface area contributed by atoms with E-state index in [1.165, 1.54) is 12.8 Å². The van der Waals surface area contributed by atoms with Crippen molar-refractivity contribution in [3.05, 3.63) is 0 Å². The van der Waals surface area contributed by atoms with Gasteiger partial charge in [0.2, 0.25) is 0 Å². The second-order valence-electron chi connectivity index (χ2n) is 3.68. The maximum absolute atomic E-state index is 5.68. The van der Waals surface area contributed by atoms with Gasteiger partial charge in [0.05, 0.1) is 6.10 Å². The standard InChI is InChI=1S/C9H19NO/c1-7(10)3-4-9-5-6-11-8(9)2/h7-9H,3-6,10H2,1-2H3/t7-,8?,9?/m1/s1. The second kappa shape index (κ2) is 4.07. The molecule has 2 N–H and O–H groups in total. The van der Waals surface area contributed by atoms with Gasteiger partial charge < -0.3 is 10.5 Å². The van der Waals surface area contributed by atoms with Crippen molar-refractivity contribution in [2.24, 2.45) is 11.7 Å². The Hall–Kier alpha value is -0.0800. The molecule has 1 heterocycles. The summed E-state index contributed by atoms with van der Waals surface area (Å²) in [6.07, 6.45) is 4.07. The molecular weight excluding hydrogens is 138 g/mol. The Morgan fingerprint density at radius 3 is 2.82 bits per heavy atom. The van der Waals surface area contributed by atoms with Gasteiger partial charge in [0.1, 0.15) is 0 Å². The fourth-order valence-corrected chi connectivity index (χ4v) is 1.63. The summed E-state index contributed by atoms with van der Waals surface area (Å²) in [6.45, 7) is 5.18. The summed E-state index contributed by atoms with van der Waals surface area (Å²) in [5.74, 6) is 0.765. The van der Waals surface area contributed by atoms with Crippen LogP contribution >= 0.6 is 0 Å². The van der Waals surface area contributed by atoms with Gasteiger partial charge in [-0.25, -0.2) is 0 Å². The first-order valence-corrected chi connectivity index (χ1v) is 4.57. The van der Waals surface area contributed by atoms with Crippen LogP contribution in [0.15, 0.2) is 0 Å². The summed E-state index contributed by atoms with van der Waals surface area (Å²) in [5.41, 5.74) is 5.68. The van der Waals surface area contributed by atoms with Gasteiger partial charge in [-0.3, -0.25) is 0 Å². The molecule has 0 amide bonds. The Morgan fingerprint density at radius 1 is 1.64 bits per heavy atom. The smallest absolute Gasteiger partial charge is 0.0576 e. The summed E-state index contributed by atoms with van der Waals surface area (Å²) in [5, 5.41) is 0. The van der Waals surface area contributed by atoms with Crippen molar-refractivity contribution in [2.45, 2.75) is 45.3 Å². The van der Waals surface area contributed by atoms with Gasteiger partial charge in [-0.1, -0.05) is 0 Å². The summed E-state index contributed by atoms with van der Waals surface area (Å²) in [4.78, 5) is 0. The average Bonchev–Trinajstić information content (AvgIpc) is 2.31. The molecule has 2 unspecified atom stereocenters. The number of rotatable bonds is 3. The number of nitrogens with two attached hydrogens (primary N) is 1. The molecule has 0 bridgehead atoms. The molecule has 1 fully saturated rings. The molecule has 11 heavy (non-hydrogen) atoms. The number of hydrogen-bond donors (Lipinski definition) is 1. The topological polar surface area (TPSA) is 35.2 Å². The normalized spacial score (nSPS) is 34.1. The van der Waals surface area contributed by atoms with E-state index in [1.807, 2.05) is 0 Å². The first kappa shape index (κ1) is 9.01. The van der Waals surface area contributed by atoms with Crippen molar-refractivity contribution < 1.29 is 4.74 Å². The van der Waals surface area contributed by atoms with E-state index in [4.69, 9.17) is 10.5 Å². The van der Waals surface area contributed by atoms with E-state index >= 15 is 0 Å². The van der Waals surface area contributed by atoms with E-state index in [0.717, 1.165) is 18.9 Å². The Morgan fingerprint density at radius 2 is 2.36 bits per heavy atom. The van der Waals surface area contributed by atoms with Gasteiger partial charge in [-0.2, -0.15) is 0 Å². The molecule has 1 rings (SSSR count). The highest BCUT2D eigenvalue weighted by atomic mass is 16.5. The molecule has 1 aliphatic rings. The fourth-order valence-electron chi connectivity index (χ4n) is 1.63. The third kappa shape index (κ3) is 2.80. The van der Waals surface area contributed by atoms with Crippen molar-refractivity contribution in [1.29, 1.82) is 0 Å². The van der Waals surface area contributed by atoms with E-state index in [2.05, 4.69) is 13.8 Å². The van der Waals surface area contributed by atoms with Crippen LogP contribution in [0, 0.1) is 5.92 Å². The van der Waals surface area contributed by atoms with Gasteiger partial charge in [0.15, 0.2) is 0 Å². The van der Waals surface area contributed by atoms with Gasteiger partial charge in [0.25, 0.3) is 0 Å². The molecule has 1 aliphatic heterocycles. The van der Waals surface area contributed by atoms with Crippen molar-refractivity contribution >= 4 is 0 Å². The van der Waals surface area contributed by atoms with Crippen LogP contribution in [-0.4, -0.2) is 18.8 Å². The van der Waals surface area contributed by atoms with E-state index in [9.17, 15) is 0 Å². The lowest BCUT2D eigenvalue weighted by Gasteiger charge is -2.14. The molecule has 0 spiro atoms. The SMILES string of the molecule is CC1OCCC1CC[C@@H](C)N. The van der Waals surface area contributed by atoms with Gasteiger partial charge >= 0.3 is 0 Å². The molecule has 2 nitrogen and oxygen atoms in total. The third-order valence-corrected chi connectivity index (χ3v) is 2.53. The zero-order chi connectivity index (χ0) is 8.27. The quantitative estimate of drug-likeness (QED) is 0.674. The number of hydrogen-bond acceptors (Lipinski definition) is 2. The molecule has 1 saturated heterocycles. The van der Waals surface area contributed by atoms with Crippen molar-refractivity contribution in [2.75, 3.05) is 6.61 Å². The van der Waals surface area contributed by atoms with Crippen LogP contribution in [0.3, 0.4) is 0 Å². The Kier molecular flexibility index (Phi) is 3.34. The maximum atomic E-state index is 5.68. The second-order valence-corrected chi connectivity index (χ2v) is 3.68. The molecule has 2 heteroatoms. The average molecular weight is 157 g/mol. The van der Waals surface area contributed by atoms with Crippen LogP contribution in [0.5, 0.6) is 0 Å². The van der Waals surface area contributed by atoms with Crippen LogP contribution in [-0.2, 0) is 4.74 Å². The van der Waals surface area contributed by atoms with Crippen LogP contribution in [0.1, 0.15) is 33.1 Å². The minimum atomic E-state index is 0.350. The van der Waals surface area contributed by atoms with Crippen LogP contribution in [0.25, 0.3) is 0 Å². The zero-order valence-electron chi connectivity index (χ0n) is 7.55. The van der Waals surface area contributed by atoms with E-state index in [1.54, 1.807) is 0 Å². The predicted octanol–water partition coefficient (Wildman–Crippen LogP) is 1.54. The summed E-state index contributed by atoms with van der Waals surface area (Å²) in [6, 6.07) is 0.350. The summed E-state index contributed by atoms with van der Waals surface area (Å²) in [7, 11) is 0. The van der Waals surface area contributed by atoms with Crippen LogP contribution in [0.4, 0.5) is 0 Å². The Labute approximate surface area is 69.1 Å².